The lowest BCUT2D eigenvalue weighted by Crippen LogP contribution is -2.07. The van der Waals surface area contributed by atoms with Gasteiger partial charge in [-0.2, -0.15) is 13.2 Å². The zero-order chi connectivity index (χ0) is 7.78. The third-order valence-corrected chi connectivity index (χ3v) is 2.22. The van der Waals surface area contributed by atoms with Gasteiger partial charge in [0.2, 0.25) is 0 Å². The number of hydrogen-bond acceptors (Lipinski definition) is 2. The van der Waals surface area contributed by atoms with Crippen LogP contribution in [-0.2, 0) is 0 Å². The Morgan fingerprint density at radius 2 is 2.20 bits per heavy atom. The van der Waals surface area contributed by atoms with Gasteiger partial charge in [-0.05, 0) is 6.08 Å². The summed E-state index contributed by atoms with van der Waals surface area (Å²) in [5.74, 6) is 0.120. The smallest absolute Gasteiger partial charge is 0.388 e. The van der Waals surface area contributed by atoms with E-state index < -0.39 is 17.2 Å². The van der Waals surface area contributed by atoms with Crippen LogP contribution in [-0.4, -0.2) is 23.1 Å². The number of aliphatic hydroxyl groups is 1. The van der Waals surface area contributed by atoms with Crippen molar-refractivity contribution in [1.82, 2.24) is 0 Å². The molecule has 1 aliphatic heterocycles. The van der Waals surface area contributed by atoms with Crippen molar-refractivity contribution in [3.05, 3.63) is 11.0 Å². The number of allylic oxidation sites excluding steroid dienone is 1. The van der Waals surface area contributed by atoms with E-state index in [0.717, 1.165) is 6.08 Å². The van der Waals surface area contributed by atoms with E-state index in [4.69, 9.17) is 5.11 Å². The highest BCUT2D eigenvalue weighted by molar-refractivity contribution is 8.03. The van der Waals surface area contributed by atoms with Gasteiger partial charge in [0, 0.05) is 5.75 Å². The van der Waals surface area contributed by atoms with Crippen molar-refractivity contribution in [2.75, 3.05) is 5.75 Å². The third kappa shape index (κ3) is 1.67. The lowest BCUT2D eigenvalue weighted by molar-refractivity contribution is -0.0838. The normalized spacial score (nSPS) is 26.8. The maximum atomic E-state index is 11.7. The Morgan fingerprint density at radius 1 is 1.60 bits per heavy atom. The molecule has 1 N–H and O–H groups in total. The molecule has 1 unspecified atom stereocenters. The van der Waals surface area contributed by atoms with Gasteiger partial charge in [-0.1, -0.05) is 0 Å². The van der Waals surface area contributed by atoms with Crippen LogP contribution >= 0.6 is 11.8 Å². The molecule has 0 radical (unpaired) electrons. The summed E-state index contributed by atoms with van der Waals surface area (Å²) in [7, 11) is 0. The van der Waals surface area contributed by atoms with Crippen LogP contribution in [0.15, 0.2) is 11.0 Å². The zero-order valence-electron chi connectivity index (χ0n) is 4.85. The van der Waals surface area contributed by atoms with Crippen molar-refractivity contribution < 1.29 is 18.3 Å². The fourth-order valence-electron chi connectivity index (χ4n) is 0.622. The van der Waals surface area contributed by atoms with E-state index in [9.17, 15) is 13.2 Å². The molecule has 0 spiro atoms. The van der Waals surface area contributed by atoms with E-state index in [0.29, 0.717) is 11.8 Å². The molecule has 0 aromatic carbocycles. The van der Waals surface area contributed by atoms with Gasteiger partial charge >= 0.3 is 6.18 Å². The van der Waals surface area contributed by atoms with E-state index in [1.54, 1.807) is 0 Å². The largest absolute Gasteiger partial charge is 0.422 e. The van der Waals surface area contributed by atoms with Crippen LogP contribution in [0.25, 0.3) is 0 Å². The van der Waals surface area contributed by atoms with Crippen LogP contribution in [0.5, 0.6) is 0 Å². The second-order valence-corrected chi connectivity index (χ2v) is 2.97. The number of thioether (sulfide) groups is 1. The van der Waals surface area contributed by atoms with Crippen molar-refractivity contribution in [2.24, 2.45) is 0 Å². The predicted octanol–water partition coefficient (Wildman–Crippen LogP) is 1.54. The second kappa shape index (κ2) is 2.47. The second-order valence-electron chi connectivity index (χ2n) is 1.91. The Bertz CT molecular complexity index is 163. The van der Waals surface area contributed by atoms with Gasteiger partial charge in [-0.25, -0.2) is 0 Å². The molecule has 1 rings (SSSR count). The Morgan fingerprint density at radius 3 is 2.40 bits per heavy atom. The summed E-state index contributed by atoms with van der Waals surface area (Å²) < 4.78 is 35.2. The summed E-state index contributed by atoms with van der Waals surface area (Å²) in [6.45, 7) is 0. The van der Waals surface area contributed by atoms with E-state index in [1.807, 2.05) is 0 Å². The lowest BCUT2D eigenvalue weighted by Gasteiger charge is -2.03. The number of rotatable bonds is 0. The van der Waals surface area contributed by atoms with Crippen molar-refractivity contribution in [1.29, 1.82) is 0 Å². The molecular formula is C5H5F3OS. The van der Waals surface area contributed by atoms with E-state index in [2.05, 4.69) is 0 Å². The molecule has 0 aliphatic carbocycles. The quantitative estimate of drug-likeness (QED) is 0.595. The van der Waals surface area contributed by atoms with E-state index in [1.165, 1.54) is 0 Å². The molecule has 58 valence electrons. The number of hydrogen-bond donors (Lipinski definition) is 1. The summed E-state index contributed by atoms with van der Waals surface area (Å²) in [4.78, 5) is -0.681. The number of aliphatic hydroxyl groups excluding tert-OH is 1. The molecular weight excluding hydrogens is 165 g/mol. The molecule has 0 fully saturated rings. The van der Waals surface area contributed by atoms with Gasteiger partial charge in [0.15, 0.2) is 0 Å². The first kappa shape index (κ1) is 7.94. The van der Waals surface area contributed by atoms with Crippen LogP contribution in [0, 0.1) is 0 Å². The number of alkyl halides is 3. The SMILES string of the molecule is OC1C=C(C(F)(F)F)SC1. The monoisotopic (exact) mass is 170 g/mol. The Balaban J connectivity index is 2.67. The van der Waals surface area contributed by atoms with Crippen molar-refractivity contribution in [2.45, 2.75) is 12.3 Å². The van der Waals surface area contributed by atoms with Gasteiger partial charge in [-0.3, -0.25) is 0 Å². The van der Waals surface area contributed by atoms with Crippen LogP contribution in [0.1, 0.15) is 0 Å². The average Bonchev–Trinajstić information content (AvgIpc) is 2.11. The predicted molar refractivity (Wildman–Crippen MR) is 32.6 cm³/mol. The average molecular weight is 170 g/mol. The Hall–Kier alpha value is -0.160. The molecule has 0 aromatic heterocycles. The maximum absolute atomic E-state index is 11.7. The Kier molecular flexibility index (Phi) is 1.96. The molecule has 0 bridgehead atoms. The number of halogens is 3. The van der Waals surface area contributed by atoms with Gasteiger partial charge in [0.25, 0.3) is 0 Å². The fraction of sp³-hybridized carbons (Fsp3) is 0.600. The van der Waals surface area contributed by atoms with E-state index in [-0.39, 0.29) is 5.75 Å². The molecule has 5 heteroatoms. The van der Waals surface area contributed by atoms with Crippen molar-refractivity contribution in [3.8, 4) is 0 Å². The maximum Gasteiger partial charge on any atom is 0.422 e. The lowest BCUT2D eigenvalue weighted by atomic mass is 10.3. The van der Waals surface area contributed by atoms with Crippen molar-refractivity contribution in [3.63, 3.8) is 0 Å². The molecule has 0 amide bonds. The molecule has 1 heterocycles. The van der Waals surface area contributed by atoms with E-state index >= 15 is 0 Å². The van der Waals surface area contributed by atoms with Crippen LogP contribution < -0.4 is 0 Å². The summed E-state index contributed by atoms with van der Waals surface area (Å²) in [5.41, 5.74) is 0. The zero-order valence-corrected chi connectivity index (χ0v) is 5.67. The van der Waals surface area contributed by atoms with Gasteiger partial charge in [0.05, 0.1) is 11.0 Å². The van der Waals surface area contributed by atoms with Crippen LogP contribution in [0.3, 0.4) is 0 Å². The van der Waals surface area contributed by atoms with Crippen LogP contribution in [0.4, 0.5) is 13.2 Å². The standard InChI is InChI=1S/C5H5F3OS/c6-5(7,8)4-1-3(9)2-10-4/h1,3,9H,2H2. The molecule has 0 aromatic rings. The topological polar surface area (TPSA) is 20.2 Å². The molecule has 1 atom stereocenters. The van der Waals surface area contributed by atoms with Crippen molar-refractivity contribution >= 4 is 11.8 Å². The molecule has 1 aliphatic rings. The minimum Gasteiger partial charge on any atom is -0.388 e. The van der Waals surface area contributed by atoms with Crippen LogP contribution in [0.2, 0.25) is 0 Å². The fourth-order valence-corrected chi connectivity index (χ4v) is 1.49. The highest BCUT2D eigenvalue weighted by atomic mass is 32.2. The summed E-state index contributed by atoms with van der Waals surface area (Å²) in [5, 5.41) is 8.67. The Labute approximate surface area is 59.9 Å². The highest BCUT2D eigenvalue weighted by Gasteiger charge is 2.37. The van der Waals surface area contributed by atoms with Gasteiger partial charge in [-0.15, -0.1) is 11.8 Å². The molecule has 0 saturated heterocycles. The minimum absolute atomic E-state index is 0.120. The molecule has 0 saturated carbocycles. The minimum atomic E-state index is -4.28. The third-order valence-electron chi connectivity index (χ3n) is 1.03. The molecule has 10 heavy (non-hydrogen) atoms. The first-order valence-electron chi connectivity index (χ1n) is 2.60. The first-order valence-corrected chi connectivity index (χ1v) is 3.58. The summed E-state index contributed by atoms with van der Waals surface area (Å²) >= 11 is 0.644. The van der Waals surface area contributed by atoms with Gasteiger partial charge < -0.3 is 5.11 Å². The molecule has 1 nitrogen and oxygen atoms in total. The summed E-state index contributed by atoms with van der Waals surface area (Å²) in [6.07, 6.45) is -4.37. The first-order chi connectivity index (χ1) is 4.50. The summed E-state index contributed by atoms with van der Waals surface area (Å²) in [6, 6.07) is 0. The highest BCUT2D eigenvalue weighted by Crippen LogP contribution is 2.38. The van der Waals surface area contributed by atoms with Gasteiger partial charge in [0.1, 0.15) is 0 Å².